The molecule has 0 fully saturated rings. The lowest BCUT2D eigenvalue weighted by Crippen LogP contribution is -2.73. The summed E-state index contributed by atoms with van der Waals surface area (Å²) in [5.74, 6) is 0. The van der Waals surface area contributed by atoms with Crippen molar-refractivity contribution in [2.45, 2.75) is 11.1 Å². The van der Waals surface area contributed by atoms with E-state index in [0.29, 0.717) is 0 Å². The lowest BCUT2D eigenvalue weighted by Gasteiger charge is -2.43. The normalized spacial score (nSPS) is 15.8. The van der Waals surface area contributed by atoms with E-state index in [-0.39, 0.29) is 0 Å². The second-order valence-corrected chi connectivity index (χ2v) is 16.3. The molecule has 254 valence electrons. The Labute approximate surface area is 318 Å². The highest BCUT2D eigenvalue weighted by Crippen LogP contribution is 2.66. The average Bonchev–Trinajstić information content (AvgIpc) is 4.03. The van der Waals surface area contributed by atoms with Gasteiger partial charge >= 0.3 is 17.0 Å². The molecule has 4 aliphatic rings. The predicted octanol–water partition coefficient (Wildman–Crippen LogP) is 10.3. The van der Waals surface area contributed by atoms with Gasteiger partial charge in [0.05, 0.1) is 27.3 Å². The first kappa shape index (κ1) is 27.3. The molecule has 16 rings (SSSR count). The maximum atomic E-state index is 2.77. The minimum atomic E-state index is -0.705. The van der Waals surface area contributed by atoms with E-state index < -0.39 is 11.1 Å². The molecule has 0 atom stereocenters. The van der Waals surface area contributed by atoms with Crippen molar-refractivity contribution in [2.24, 2.45) is 0 Å². The molecule has 12 aromatic rings. The maximum Gasteiger partial charge on any atom is 0.309 e. The van der Waals surface area contributed by atoms with Gasteiger partial charge in [0.25, 0.3) is 0 Å². The van der Waals surface area contributed by atoms with E-state index in [1.807, 2.05) is 0 Å². The number of hydrogen-bond donors (Lipinski definition) is 0. The first-order valence-electron chi connectivity index (χ1n) is 19.7. The molecule has 56 heavy (non-hydrogen) atoms. The Morgan fingerprint density at radius 1 is 0.339 bits per heavy atom. The number of aromatic nitrogens is 4. The summed E-state index contributed by atoms with van der Waals surface area (Å²) in [4.78, 5) is 0. The molecule has 0 amide bonds. The number of fused-ring (bicyclic) bond motifs is 19. The smallest absolute Gasteiger partial charge is 0.187 e. The third kappa shape index (κ3) is 2.42. The summed E-state index contributed by atoms with van der Waals surface area (Å²) in [6.07, 6.45) is 0. The number of hydrogen-bond acceptors (Lipinski definition) is 0. The monoisotopic (exact) mass is 708 g/mol. The minimum Gasteiger partial charge on any atom is -0.187 e. The Balaban J connectivity index is 1.31. The topological polar surface area (TPSA) is 16.6 Å². The van der Waals surface area contributed by atoms with Gasteiger partial charge in [-0.3, -0.25) is 0 Å². The van der Waals surface area contributed by atoms with Crippen LogP contribution in [0.4, 0.5) is 0 Å². The van der Waals surface area contributed by atoms with Crippen LogP contribution in [-0.4, -0.2) is 8.80 Å². The third-order valence-corrected chi connectivity index (χ3v) is 14.4. The molecule has 0 unspecified atom stereocenters. The molecule has 0 saturated carbocycles. The second-order valence-electron chi connectivity index (χ2n) is 16.3. The standard InChI is InChI=1S/C52H28N4/c1-5-17-35-29(13-1)30-14-2-6-18-36(30)51(35)37-27-25-33-31-15-3-7-19-39(31)53-41-21-9-11-23-43(41)55-49(53)45(33)47(37)52(55)48-38(51)28-26-34-32-16-4-8-20-40(32)54-42-22-10-12-24-44(42)56(52)50(54)46(34)48/h1-28H/q+2. The van der Waals surface area contributed by atoms with E-state index >= 15 is 0 Å². The van der Waals surface area contributed by atoms with E-state index in [1.165, 1.54) is 121 Å². The first-order chi connectivity index (χ1) is 27.8. The highest BCUT2D eigenvalue weighted by atomic mass is 15.4. The van der Waals surface area contributed by atoms with Crippen molar-refractivity contribution < 1.29 is 9.13 Å². The van der Waals surface area contributed by atoms with Gasteiger partial charge in [-0.1, -0.05) is 133 Å². The molecule has 2 aliphatic heterocycles. The molecule has 0 bridgehead atoms. The van der Waals surface area contributed by atoms with Crippen LogP contribution in [0.5, 0.6) is 0 Å². The van der Waals surface area contributed by atoms with E-state index in [4.69, 9.17) is 0 Å². The molecule has 0 radical (unpaired) electrons. The van der Waals surface area contributed by atoms with Gasteiger partial charge in [-0.25, -0.2) is 0 Å². The number of para-hydroxylation sites is 6. The number of benzene rings is 8. The van der Waals surface area contributed by atoms with Crippen LogP contribution in [0.25, 0.3) is 87.8 Å². The molecular weight excluding hydrogens is 681 g/mol. The lowest BCUT2D eigenvalue weighted by molar-refractivity contribution is -0.923. The summed E-state index contributed by atoms with van der Waals surface area (Å²) < 4.78 is 10.7. The number of rotatable bonds is 0. The summed E-state index contributed by atoms with van der Waals surface area (Å²) in [6, 6.07) is 64.8. The van der Waals surface area contributed by atoms with Gasteiger partial charge in [-0.05, 0) is 69.8 Å². The number of imidazole rings is 2. The van der Waals surface area contributed by atoms with Crippen molar-refractivity contribution in [1.29, 1.82) is 0 Å². The largest absolute Gasteiger partial charge is 0.309 e. The molecule has 4 nitrogen and oxygen atoms in total. The highest BCUT2D eigenvalue weighted by Gasteiger charge is 2.70. The zero-order valence-electron chi connectivity index (χ0n) is 30.0. The molecular formula is C52H28N4+2. The van der Waals surface area contributed by atoms with Gasteiger partial charge in [0.1, 0.15) is 11.0 Å². The van der Waals surface area contributed by atoms with E-state index in [9.17, 15) is 0 Å². The molecule has 2 aliphatic carbocycles. The molecule has 4 aromatic heterocycles. The van der Waals surface area contributed by atoms with Gasteiger partial charge in [0, 0.05) is 21.5 Å². The van der Waals surface area contributed by atoms with Crippen molar-refractivity contribution in [1.82, 2.24) is 8.80 Å². The van der Waals surface area contributed by atoms with Crippen LogP contribution in [0.15, 0.2) is 170 Å². The Bertz CT molecular complexity index is 3690. The van der Waals surface area contributed by atoms with Crippen LogP contribution < -0.4 is 9.13 Å². The summed E-state index contributed by atoms with van der Waals surface area (Å²) in [5.41, 5.74) is 19.7. The summed E-state index contributed by atoms with van der Waals surface area (Å²) in [6.45, 7) is 0. The van der Waals surface area contributed by atoms with Crippen molar-refractivity contribution >= 4 is 76.7 Å². The summed E-state index contributed by atoms with van der Waals surface area (Å²) in [5, 5.41) is 7.90. The molecule has 4 heteroatoms. The van der Waals surface area contributed by atoms with Crippen molar-refractivity contribution in [3.63, 3.8) is 0 Å². The zero-order chi connectivity index (χ0) is 35.8. The van der Waals surface area contributed by atoms with Crippen LogP contribution in [0.1, 0.15) is 33.4 Å². The van der Waals surface area contributed by atoms with E-state index in [0.717, 1.165) is 0 Å². The van der Waals surface area contributed by atoms with Gasteiger partial charge in [-0.15, -0.1) is 0 Å². The molecule has 0 N–H and O–H groups in total. The van der Waals surface area contributed by atoms with Gasteiger partial charge in [-0.2, -0.15) is 17.9 Å². The van der Waals surface area contributed by atoms with Crippen molar-refractivity contribution in [3.05, 3.63) is 203 Å². The fraction of sp³-hybridized carbons (Fsp3) is 0.0385. The van der Waals surface area contributed by atoms with Crippen LogP contribution in [0.2, 0.25) is 0 Å². The summed E-state index contributed by atoms with van der Waals surface area (Å²) >= 11 is 0. The number of pyridine rings is 2. The first-order valence-corrected chi connectivity index (χ1v) is 19.7. The van der Waals surface area contributed by atoms with Crippen molar-refractivity contribution in [2.75, 3.05) is 0 Å². The fourth-order valence-corrected chi connectivity index (χ4v) is 12.8. The van der Waals surface area contributed by atoms with Crippen molar-refractivity contribution in [3.8, 4) is 11.1 Å². The maximum absolute atomic E-state index is 2.77. The highest BCUT2D eigenvalue weighted by molar-refractivity contribution is 6.20. The quantitative estimate of drug-likeness (QED) is 0.110. The molecule has 2 spiro atoms. The van der Waals surface area contributed by atoms with Crippen LogP contribution in [0.3, 0.4) is 0 Å². The zero-order valence-corrected chi connectivity index (χ0v) is 30.0. The fourth-order valence-electron chi connectivity index (χ4n) is 12.8. The van der Waals surface area contributed by atoms with Gasteiger partial charge in [0.2, 0.25) is 0 Å². The Kier molecular flexibility index (Phi) is 4.14. The van der Waals surface area contributed by atoms with Crippen LogP contribution in [-0.2, 0) is 11.1 Å². The van der Waals surface area contributed by atoms with E-state index in [1.54, 1.807) is 0 Å². The Morgan fingerprint density at radius 3 is 1.25 bits per heavy atom. The molecule has 8 aromatic carbocycles. The van der Waals surface area contributed by atoms with E-state index in [2.05, 4.69) is 188 Å². The second kappa shape index (κ2) is 8.49. The van der Waals surface area contributed by atoms with Crippen LogP contribution in [0, 0.1) is 0 Å². The van der Waals surface area contributed by atoms with Crippen LogP contribution >= 0.6 is 0 Å². The molecule has 0 saturated heterocycles. The number of nitrogens with zero attached hydrogens (tertiary/aromatic N) is 4. The SMILES string of the molecule is c1ccc2c(c1)-c1ccccc1C21c2ccc3c4ccccc4n4c5ccccc5[n+]5c4c3c2C52c3c1ccc1c4ccccc4n4c5ccccc5[n+]2c4c31. The summed E-state index contributed by atoms with van der Waals surface area (Å²) in [7, 11) is 0. The minimum absolute atomic E-state index is 0.519. The Morgan fingerprint density at radius 2 is 0.750 bits per heavy atom. The molecule has 6 heterocycles. The Hall–Kier alpha value is -7.30. The average molecular weight is 709 g/mol. The third-order valence-electron chi connectivity index (χ3n) is 14.4. The van der Waals surface area contributed by atoms with Gasteiger partial charge < -0.3 is 0 Å². The predicted molar refractivity (Wildman–Crippen MR) is 223 cm³/mol. The van der Waals surface area contributed by atoms with Gasteiger partial charge in [0.15, 0.2) is 22.1 Å². The lowest BCUT2D eigenvalue weighted by atomic mass is 9.58.